The van der Waals surface area contributed by atoms with Crippen LogP contribution in [0.25, 0.3) is 33.1 Å². The number of aryl methyl sites for hydroxylation is 1. The maximum atomic E-state index is 15.8. The van der Waals surface area contributed by atoms with Gasteiger partial charge in [-0.15, -0.1) is 0 Å². The number of aromatic amines is 1. The SMILES string of the molecule is COc1c(OCC2CCN(C)CC2)cc(F)c2c(-c3ccc(O)c(Cl)c3)nc3[nH]nc(C)c3c12. The van der Waals surface area contributed by atoms with E-state index in [1.807, 2.05) is 6.92 Å². The van der Waals surface area contributed by atoms with E-state index >= 15 is 4.39 Å². The fourth-order valence-corrected chi connectivity index (χ4v) is 4.84. The number of hydrogen-bond acceptors (Lipinski definition) is 6. The summed E-state index contributed by atoms with van der Waals surface area (Å²) in [6.07, 6.45) is 2.07. The number of ether oxygens (including phenoxy) is 2. The second-order valence-electron chi connectivity index (χ2n) is 8.86. The lowest BCUT2D eigenvalue weighted by molar-refractivity contribution is 0.157. The molecule has 2 N–H and O–H groups in total. The van der Waals surface area contributed by atoms with Crippen LogP contribution in [0.2, 0.25) is 5.02 Å². The van der Waals surface area contributed by atoms with E-state index in [4.69, 9.17) is 21.1 Å². The highest BCUT2D eigenvalue weighted by Crippen LogP contribution is 2.45. The summed E-state index contributed by atoms with van der Waals surface area (Å²) < 4.78 is 27.7. The number of nitrogens with zero attached hydrogens (tertiary/aromatic N) is 3. The Morgan fingerprint density at radius 3 is 2.68 bits per heavy atom. The van der Waals surface area contributed by atoms with E-state index in [0.717, 1.165) is 25.9 Å². The lowest BCUT2D eigenvalue weighted by Gasteiger charge is -2.29. The number of pyridine rings is 1. The van der Waals surface area contributed by atoms with Gasteiger partial charge in [0.2, 0.25) is 0 Å². The molecule has 0 radical (unpaired) electrons. The zero-order chi connectivity index (χ0) is 24.0. The Morgan fingerprint density at radius 1 is 1.21 bits per heavy atom. The van der Waals surface area contributed by atoms with Crippen molar-refractivity contribution >= 4 is 33.4 Å². The number of aromatic nitrogens is 3. The minimum atomic E-state index is -0.483. The molecule has 34 heavy (non-hydrogen) atoms. The summed E-state index contributed by atoms with van der Waals surface area (Å²) in [7, 11) is 3.66. The Hall–Kier alpha value is -3.10. The molecule has 0 spiro atoms. The standard InChI is InChI=1S/C25H26ClFN4O3/c1-13-20-22-21(23(28-25(20)30-29-13)15-4-5-18(32)16(26)10-15)17(27)11-19(24(22)33-3)34-12-14-6-8-31(2)9-7-14/h4-5,10-11,14,32H,6-9,12H2,1-3H3,(H,28,29,30). The van der Waals surface area contributed by atoms with Gasteiger partial charge in [-0.2, -0.15) is 5.10 Å². The Labute approximate surface area is 201 Å². The van der Waals surface area contributed by atoms with Crippen LogP contribution in [0.3, 0.4) is 0 Å². The molecule has 7 nitrogen and oxygen atoms in total. The third-order valence-electron chi connectivity index (χ3n) is 6.57. The van der Waals surface area contributed by atoms with Crippen LogP contribution in [0.1, 0.15) is 18.5 Å². The van der Waals surface area contributed by atoms with Crippen molar-refractivity contribution < 1.29 is 19.0 Å². The number of benzene rings is 2. The molecule has 1 saturated heterocycles. The van der Waals surface area contributed by atoms with Crippen LogP contribution < -0.4 is 9.47 Å². The molecule has 0 amide bonds. The molecule has 0 bridgehead atoms. The summed E-state index contributed by atoms with van der Waals surface area (Å²) in [4.78, 5) is 6.96. The lowest BCUT2D eigenvalue weighted by atomic mass is 9.98. The first-order valence-electron chi connectivity index (χ1n) is 11.2. The normalized spacial score (nSPS) is 15.3. The summed E-state index contributed by atoms with van der Waals surface area (Å²) >= 11 is 6.15. The van der Waals surface area contributed by atoms with Crippen molar-refractivity contribution in [3.63, 3.8) is 0 Å². The monoisotopic (exact) mass is 484 g/mol. The fraction of sp³-hybridized carbons (Fsp3) is 0.360. The number of rotatable bonds is 5. The van der Waals surface area contributed by atoms with Crippen LogP contribution >= 0.6 is 11.6 Å². The molecule has 0 aliphatic carbocycles. The van der Waals surface area contributed by atoms with E-state index in [0.29, 0.717) is 57.4 Å². The fourth-order valence-electron chi connectivity index (χ4n) is 4.66. The second kappa shape index (κ2) is 8.92. The summed E-state index contributed by atoms with van der Waals surface area (Å²) in [5, 5.41) is 18.7. The molecule has 178 valence electrons. The molecule has 0 saturated carbocycles. The van der Waals surface area contributed by atoms with Crippen molar-refractivity contribution in [1.82, 2.24) is 20.1 Å². The number of phenols is 1. The van der Waals surface area contributed by atoms with Gasteiger partial charge in [0.15, 0.2) is 17.1 Å². The van der Waals surface area contributed by atoms with Crippen LogP contribution in [0.4, 0.5) is 4.39 Å². The number of phenolic OH excluding ortho intramolecular Hbond substituents is 1. The smallest absolute Gasteiger partial charge is 0.169 e. The number of H-pyrrole nitrogens is 1. The summed E-state index contributed by atoms with van der Waals surface area (Å²) in [6, 6.07) is 6.03. The first-order valence-corrected chi connectivity index (χ1v) is 11.6. The van der Waals surface area contributed by atoms with Gasteiger partial charge in [0.25, 0.3) is 0 Å². The van der Waals surface area contributed by atoms with Crippen molar-refractivity contribution in [2.75, 3.05) is 33.9 Å². The number of halogens is 2. The summed E-state index contributed by atoms with van der Waals surface area (Å²) in [5.74, 6) is 0.656. The van der Waals surface area contributed by atoms with E-state index < -0.39 is 5.82 Å². The molecular weight excluding hydrogens is 459 g/mol. The molecule has 1 aliphatic heterocycles. The van der Waals surface area contributed by atoms with E-state index in [9.17, 15) is 5.11 Å². The number of likely N-dealkylation sites (tertiary alicyclic amines) is 1. The molecule has 2 aromatic carbocycles. The van der Waals surface area contributed by atoms with E-state index in [1.54, 1.807) is 19.2 Å². The van der Waals surface area contributed by atoms with Crippen molar-refractivity contribution in [3.8, 4) is 28.5 Å². The minimum Gasteiger partial charge on any atom is -0.506 e. The number of methoxy groups -OCH3 is 1. The zero-order valence-electron chi connectivity index (χ0n) is 19.3. The average molecular weight is 485 g/mol. The predicted molar refractivity (Wildman–Crippen MR) is 130 cm³/mol. The van der Waals surface area contributed by atoms with E-state index in [2.05, 4.69) is 27.1 Å². The number of hydrogen-bond donors (Lipinski definition) is 2. The highest BCUT2D eigenvalue weighted by Gasteiger charge is 2.25. The maximum absolute atomic E-state index is 15.8. The van der Waals surface area contributed by atoms with Crippen LogP contribution in [0.15, 0.2) is 24.3 Å². The van der Waals surface area contributed by atoms with Gasteiger partial charge in [-0.3, -0.25) is 5.10 Å². The number of nitrogens with one attached hydrogen (secondary N) is 1. The molecule has 0 unspecified atom stereocenters. The first-order chi connectivity index (χ1) is 16.4. The molecule has 9 heteroatoms. The van der Waals surface area contributed by atoms with Crippen molar-refractivity contribution in [3.05, 3.63) is 40.8 Å². The van der Waals surface area contributed by atoms with Crippen LogP contribution in [0.5, 0.6) is 17.2 Å². The highest BCUT2D eigenvalue weighted by atomic mass is 35.5. The highest BCUT2D eigenvalue weighted by molar-refractivity contribution is 6.32. The number of piperidine rings is 1. The average Bonchev–Trinajstić information content (AvgIpc) is 3.20. The first kappa shape index (κ1) is 22.7. The van der Waals surface area contributed by atoms with Crippen LogP contribution in [0, 0.1) is 18.7 Å². The molecule has 0 atom stereocenters. The molecule has 3 heterocycles. The van der Waals surface area contributed by atoms with Gasteiger partial charge in [0.1, 0.15) is 11.6 Å². The van der Waals surface area contributed by atoms with Gasteiger partial charge in [-0.05, 0) is 64.0 Å². The molecule has 4 aromatic rings. The van der Waals surface area contributed by atoms with Gasteiger partial charge in [-0.1, -0.05) is 11.6 Å². The van der Waals surface area contributed by atoms with Gasteiger partial charge in [-0.25, -0.2) is 9.37 Å². The Kier molecular flexibility index (Phi) is 5.95. The molecule has 1 aliphatic rings. The minimum absolute atomic E-state index is 0.0594. The van der Waals surface area contributed by atoms with Crippen molar-refractivity contribution in [1.29, 1.82) is 0 Å². The van der Waals surface area contributed by atoms with Gasteiger partial charge in [0.05, 0.1) is 35.5 Å². The van der Waals surface area contributed by atoms with Gasteiger partial charge < -0.3 is 19.5 Å². The van der Waals surface area contributed by atoms with Crippen LogP contribution in [-0.2, 0) is 0 Å². The molecular formula is C25H26ClFN4O3. The quantitative estimate of drug-likeness (QED) is 0.399. The topological polar surface area (TPSA) is 83.5 Å². The Balaban J connectivity index is 1.69. The maximum Gasteiger partial charge on any atom is 0.169 e. The largest absolute Gasteiger partial charge is 0.506 e. The summed E-state index contributed by atoms with van der Waals surface area (Å²) in [6.45, 7) is 4.38. The molecule has 2 aromatic heterocycles. The van der Waals surface area contributed by atoms with Crippen LogP contribution in [-0.4, -0.2) is 59.0 Å². The van der Waals surface area contributed by atoms with Crippen molar-refractivity contribution in [2.45, 2.75) is 19.8 Å². The third-order valence-corrected chi connectivity index (χ3v) is 6.88. The van der Waals surface area contributed by atoms with E-state index in [1.165, 1.54) is 12.1 Å². The Bertz CT molecular complexity index is 1380. The predicted octanol–water partition coefficient (Wildman–Crippen LogP) is 5.31. The number of aromatic hydroxyl groups is 1. The van der Waals surface area contributed by atoms with Gasteiger partial charge >= 0.3 is 0 Å². The van der Waals surface area contributed by atoms with Crippen molar-refractivity contribution in [2.24, 2.45) is 5.92 Å². The molecule has 1 fully saturated rings. The summed E-state index contributed by atoms with van der Waals surface area (Å²) in [5.41, 5.74) is 2.09. The number of fused-ring (bicyclic) bond motifs is 3. The molecule has 5 rings (SSSR count). The third kappa shape index (κ3) is 3.91. The zero-order valence-corrected chi connectivity index (χ0v) is 20.0. The lowest BCUT2D eigenvalue weighted by Crippen LogP contribution is -2.32. The Morgan fingerprint density at radius 2 is 1.97 bits per heavy atom. The second-order valence-corrected chi connectivity index (χ2v) is 9.26. The van der Waals surface area contributed by atoms with E-state index in [-0.39, 0.29) is 16.2 Å². The van der Waals surface area contributed by atoms with Gasteiger partial charge in [0, 0.05) is 22.4 Å².